The van der Waals surface area contributed by atoms with Crippen LogP contribution in [-0.4, -0.2) is 45.8 Å². The molecule has 3 aromatic rings. The quantitative estimate of drug-likeness (QED) is 0.441. The van der Waals surface area contributed by atoms with E-state index < -0.39 is 0 Å². The lowest BCUT2D eigenvalue weighted by atomic mass is 10.3. The van der Waals surface area contributed by atoms with E-state index in [9.17, 15) is 0 Å². The van der Waals surface area contributed by atoms with Gasteiger partial charge in [0.25, 0.3) is 0 Å². The van der Waals surface area contributed by atoms with E-state index in [1.807, 2.05) is 0 Å². The lowest BCUT2D eigenvalue weighted by Gasteiger charge is -2.22. The van der Waals surface area contributed by atoms with Crippen molar-refractivity contribution in [3.8, 4) is 0 Å². The molecule has 27 heavy (non-hydrogen) atoms. The number of nitrogens with zero attached hydrogens (tertiary/aromatic N) is 5. The van der Waals surface area contributed by atoms with Gasteiger partial charge in [-0.2, -0.15) is 11.3 Å². The fourth-order valence-electron chi connectivity index (χ4n) is 2.80. The van der Waals surface area contributed by atoms with Gasteiger partial charge < -0.3 is 14.8 Å². The molecule has 1 N–H and O–H groups in total. The summed E-state index contributed by atoms with van der Waals surface area (Å²) in [6, 6.07) is 6.42. The largest absolute Gasteiger partial charge is 0.354 e. The van der Waals surface area contributed by atoms with Crippen molar-refractivity contribution in [1.29, 1.82) is 0 Å². The Morgan fingerprint density at radius 1 is 1.33 bits per heavy atom. The zero-order chi connectivity index (χ0) is 18.9. The number of hydrogen-bond donors (Lipinski definition) is 1. The molecule has 3 heterocycles. The zero-order valence-corrected chi connectivity index (χ0v) is 17.5. The molecule has 3 rings (SSSR count). The fraction of sp³-hybridized carbons (Fsp3) is 0.421. The molecule has 0 aliphatic rings. The molecule has 0 atom stereocenters. The minimum Gasteiger partial charge on any atom is -0.354 e. The van der Waals surface area contributed by atoms with Gasteiger partial charge in [-0.05, 0) is 33.8 Å². The topological polar surface area (TPSA) is 58.3 Å². The normalized spacial score (nSPS) is 11.7. The maximum Gasteiger partial charge on any atom is 0.194 e. The molecule has 0 spiro atoms. The van der Waals surface area contributed by atoms with Gasteiger partial charge in [-0.15, -0.1) is 21.5 Å². The standard InChI is InChI=1S/C19H26N6S2/c1-3-18-23-22-15-25(18)10-9-21-19(20-8-6-17-5-4-11-27-17)24(2)13-16-7-12-26-14-16/h4-5,7,11-12,14-15H,3,6,8-10,13H2,1-2H3,(H,20,21). The Kier molecular flexibility index (Phi) is 7.41. The molecule has 0 saturated heterocycles. The fourth-order valence-corrected chi connectivity index (χ4v) is 4.16. The van der Waals surface area contributed by atoms with Crippen molar-refractivity contribution in [3.63, 3.8) is 0 Å². The third kappa shape index (κ3) is 5.90. The lowest BCUT2D eigenvalue weighted by molar-refractivity contribution is 0.471. The van der Waals surface area contributed by atoms with Crippen molar-refractivity contribution in [2.45, 2.75) is 32.9 Å². The van der Waals surface area contributed by atoms with Gasteiger partial charge in [0.1, 0.15) is 12.2 Å². The van der Waals surface area contributed by atoms with E-state index >= 15 is 0 Å². The first-order valence-corrected chi connectivity index (χ1v) is 11.0. The molecule has 8 heteroatoms. The summed E-state index contributed by atoms with van der Waals surface area (Å²) in [5.74, 6) is 1.95. The Labute approximate surface area is 168 Å². The van der Waals surface area contributed by atoms with Crippen LogP contribution in [0.5, 0.6) is 0 Å². The van der Waals surface area contributed by atoms with Crippen LogP contribution in [0.3, 0.4) is 0 Å². The highest BCUT2D eigenvalue weighted by atomic mass is 32.1. The second-order valence-electron chi connectivity index (χ2n) is 6.24. The van der Waals surface area contributed by atoms with E-state index in [1.165, 1.54) is 10.4 Å². The van der Waals surface area contributed by atoms with Gasteiger partial charge in [0.2, 0.25) is 0 Å². The molecule has 0 bridgehead atoms. The van der Waals surface area contributed by atoms with E-state index in [4.69, 9.17) is 4.99 Å². The lowest BCUT2D eigenvalue weighted by Crippen LogP contribution is -2.40. The van der Waals surface area contributed by atoms with Crippen molar-refractivity contribution in [1.82, 2.24) is 25.0 Å². The van der Waals surface area contributed by atoms with Gasteiger partial charge in [-0.25, -0.2) is 0 Å². The van der Waals surface area contributed by atoms with Crippen molar-refractivity contribution in [2.75, 3.05) is 20.1 Å². The predicted molar refractivity (Wildman–Crippen MR) is 114 cm³/mol. The Bertz CT molecular complexity index is 807. The number of hydrogen-bond acceptors (Lipinski definition) is 5. The number of guanidine groups is 1. The van der Waals surface area contributed by atoms with E-state index in [-0.39, 0.29) is 0 Å². The van der Waals surface area contributed by atoms with Crippen molar-refractivity contribution in [3.05, 3.63) is 56.9 Å². The van der Waals surface area contributed by atoms with Gasteiger partial charge in [0.15, 0.2) is 5.96 Å². The van der Waals surface area contributed by atoms with Crippen molar-refractivity contribution < 1.29 is 0 Å². The first kappa shape index (κ1) is 19.6. The van der Waals surface area contributed by atoms with Crippen LogP contribution in [0, 0.1) is 0 Å². The predicted octanol–water partition coefficient (Wildman–Crippen LogP) is 3.28. The van der Waals surface area contributed by atoms with Crippen LogP contribution >= 0.6 is 22.7 Å². The van der Waals surface area contributed by atoms with Gasteiger partial charge >= 0.3 is 0 Å². The van der Waals surface area contributed by atoms with E-state index in [0.717, 1.165) is 50.8 Å². The maximum atomic E-state index is 4.84. The van der Waals surface area contributed by atoms with Gasteiger partial charge in [0, 0.05) is 50.9 Å². The minimum absolute atomic E-state index is 0.781. The Hall–Kier alpha value is -2.19. The molecule has 3 aromatic heterocycles. The molecule has 0 amide bonds. The molecule has 6 nitrogen and oxygen atoms in total. The van der Waals surface area contributed by atoms with Gasteiger partial charge in [-0.1, -0.05) is 13.0 Å². The smallest absolute Gasteiger partial charge is 0.194 e. The minimum atomic E-state index is 0.781. The summed E-state index contributed by atoms with van der Waals surface area (Å²) in [5.41, 5.74) is 1.31. The van der Waals surface area contributed by atoms with Crippen LogP contribution in [0.2, 0.25) is 0 Å². The molecule has 0 aliphatic heterocycles. The number of rotatable bonds is 9. The molecule has 0 saturated carbocycles. The zero-order valence-electron chi connectivity index (χ0n) is 15.8. The number of nitrogens with one attached hydrogen (secondary N) is 1. The average molecular weight is 403 g/mol. The molecule has 0 radical (unpaired) electrons. The summed E-state index contributed by atoms with van der Waals surface area (Å²) in [6.45, 7) is 5.34. The highest BCUT2D eigenvalue weighted by molar-refractivity contribution is 7.09. The first-order chi connectivity index (χ1) is 13.3. The second-order valence-corrected chi connectivity index (χ2v) is 8.06. The summed E-state index contributed by atoms with van der Waals surface area (Å²) in [6.07, 6.45) is 3.66. The molecule has 144 valence electrons. The highest BCUT2D eigenvalue weighted by Gasteiger charge is 2.08. The van der Waals surface area contributed by atoms with Crippen LogP contribution in [0.25, 0.3) is 0 Å². The Balaban J connectivity index is 1.59. The number of thiophene rings is 2. The van der Waals surface area contributed by atoms with Crippen LogP contribution in [-0.2, 0) is 25.9 Å². The first-order valence-electron chi connectivity index (χ1n) is 9.16. The van der Waals surface area contributed by atoms with Crippen LogP contribution in [0.15, 0.2) is 45.7 Å². The summed E-state index contributed by atoms with van der Waals surface area (Å²) < 4.78 is 2.09. The monoisotopic (exact) mass is 402 g/mol. The third-order valence-electron chi connectivity index (χ3n) is 4.21. The average Bonchev–Trinajstić information content (AvgIpc) is 3.43. The Morgan fingerprint density at radius 3 is 3.00 bits per heavy atom. The molecule has 0 fully saturated rings. The second kappa shape index (κ2) is 10.2. The van der Waals surface area contributed by atoms with Crippen molar-refractivity contribution >= 4 is 28.6 Å². The molecular formula is C19H26N6S2. The van der Waals surface area contributed by atoms with E-state index in [0.29, 0.717) is 0 Å². The summed E-state index contributed by atoms with van der Waals surface area (Å²) in [4.78, 5) is 8.40. The van der Waals surface area contributed by atoms with Crippen LogP contribution in [0.4, 0.5) is 0 Å². The molecule has 0 aliphatic carbocycles. The Morgan fingerprint density at radius 2 is 2.26 bits per heavy atom. The van der Waals surface area contributed by atoms with Crippen LogP contribution in [0.1, 0.15) is 23.2 Å². The van der Waals surface area contributed by atoms with Crippen molar-refractivity contribution in [2.24, 2.45) is 4.99 Å². The molecule has 0 unspecified atom stereocenters. The third-order valence-corrected chi connectivity index (χ3v) is 5.88. The maximum absolute atomic E-state index is 4.84. The van der Waals surface area contributed by atoms with Gasteiger partial charge in [-0.3, -0.25) is 4.99 Å². The SMILES string of the molecule is CCc1nncn1CCNC(=NCCc1cccs1)N(C)Cc1ccsc1. The molecule has 0 aromatic carbocycles. The summed E-state index contributed by atoms with van der Waals surface area (Å²) in [5, 5.41) is 18.1. The summed E-state index contributed by atoms with van der Waals surface area (Å²) >= 11 is 3.51. The number of aryl methyl sites for hydroxylation is 1. The van der Waals surface area contributed by atoms with Gasteiger partial charge in [0.05, 0.1) is 0 Å². The number of aromatic nitrogens is 3. The summed E-state index contributed by atoms with van der Waals surface area (Å²) in [7, 11) is 2.09. The van der Waals surface area contributed by atoms with E-state index in [2.05, 4.69) is 73.3 Å². The van der Waals surface area contributed by atoms with E-state index in [1.54, 1.807) is 29.0 Å². The van der Waals surface area contributed by atoms with Crippen LogP contribution < -0.4 is 5.32 Å². The number of aliphatic imine (C=N–C) groups is 1. The molecular weight excluding hydrogens is 376 g/mol. The highest BCUT2D eigenvalue weighted by Crippen LogP contribution is 2.10.